The van der Waals surface area contributed by atoms with Gasteiger partial charge in [-0.05, 0) is 30.2 Å². The van der Waals surface area contributed by atoms with Crippen molar-refractivity contribution < 1.29 is 19.3 Å². The van der Waals surface area contributed by atoms with Gasteiger partial charge in [0, 0.05) is 7.11 Å². The van der Waals surface area contributed by atoms with Crippen LogP contribution >= 0.6 is 0 Å². The molecule has 1 aromatic rings. The van der Waals surface area contributed by atoms with E-state index >= 15 is 0 Å². The molecule has 0 spiro atoms. The van der Waals surface area contributed by atoms with Gasteiger partial charge in [0.1, 0.15) is 13.2 Å². The highest BCUT2D eigenvalue weighted by molar-refractivity contribution is 5.48. The van der Waals surface area contributed by atoms with Gasteiger partial charge in [0.05, 0.1) is 12.7 Å². The predicted molar refractivity (Wildman–Crippen MR) is 58.8 cm³/mol. The molecule has 1 aromatic carbocycles. The molecule has 0 aliphatic carbocycles. The van der Waals surface area contributed by atoms with Crippen LogP contribution in [-0.4, -0.2) is 25.4 Å². The van der Waals surface area contributed by atoms with E-state index in [0.717, 1.165) is 16.9 Å². The molecule has 1 atom stereocenters. The summed E-state index contributed by atoms with van der Waals surface area (Å²) in [7, 11) is 1.63. The van der Waals surface area contributed by atoms with E-state index in [1.807, 2.05) is 12.1 Å². The zero-order valence-electron chi connectivity index (χ0n) is 9.53. The predicted octanol–water partition coefficient (Wildman–Crippen LogP) is 1.66. The first-order valence-electron chi connectivity index (χ1n) is 5.32. The van der Waals surface area contributed by atoms with Crippen LogP contribution in [0, 0.1) is 0 Å². The number of methoxy groups -OCH3 is 1. The molecule has 0 saturated heterocycles. The van der Waals surface area contributed by atoms with Crippen LogP contribution in [0.15, 0.2) is 12.1 Å². The molecule has 0 amide bonds. The number of rotatable bonds is 3. The number of fused-ring (bicyclic) bond motifs is 1. The number of hydrogen-bond donors (Lipinski definition) is 1. The van der Waals surface area contributed by atoms with Gasteiger partial charge in [-0.2, -0.15) is 0 Å². The molecule has 0 aromatic heterocycles. The molecule has 4 heteroatoms. The Morgan fingerprint density at radius 1 is 1.31 bits per heavy atom. The summed E-state index contributed by atoms with van der Waals surface area (Å²) in [6.07, 6.45) is -0.541. The van der Waals surface area contributed by atoms with Gasteiger partial charge >= 0.3 is 0 Å². The highest BCUT2D eigenvalue weighted by Gasteiger charge is 2.17. The van der Waals surface area contributed by atoms with Crippen molar-refractivity contribution in [3.63, 3.8) is 0 Å². The van der Waals surface area contributed by atoms with Crippen molar-refractivity contribution in [2.75, 3.05) is 20.3 Å². The third kappa shape index (κ3) is 2.13. The lowest BCUT2D eigenvalue weighted by Crippen LogP contribution is -2.16. The van der Waals surface area contributed by atoms with Gasteiger partial charge in [-0.3, -0.25) is 0 Å². The quantitative estimate of drug-likeness (QED) is 0.848. The first-order chi connectivity index (χ1) is 7.72. The molecule has 88 valence electrons. The van der Waals surface area contributed by atoms with E-state index < -0.39 is 6.10 Å². The average molecular weight is 224 g/mol. The zero-order valence-corrected chi connectivity index (χ0v) is 9.53. The Morgan fingerprint density at radius 3 is 2.50 bits per heavy atom. The molecule has 1 heterocycles. The van der Waals surface area contributed by atoms with Crippen molar-refractivity contribution in [1.82, 2.24) is 0 Å². The van der Waals surface area contributed by atoms with Gasteiger partial charge in [-0.25, -0.2) is 0 Å². The number of ether oxygens (including phenoxy) is 3. The number of aliphatic hydroxyl groups excluding tert-OH is 1. The summed E-state index contributed by atoms with van der Waals surface area (Å²) in [6.45, 7) is 3.30. The van der Waals surface area contributed by atoms with Crippen LogP contribution in [-0.2, 0) is 11.3 Å². The van der Waals surface area contributed by atoms with Crippen molar-refractivity contribution in [3.05, 3.63) is 23.3 Å². The van der Waals surface area contributed by atoms with Crippen LogP contribution < -0.4 is 9.47 Å². The molecule has 4 nitrogen and oxygen atoms in total. The second kappa shape index (κ2) is 4.72. The minimum atomic E-state index is -0.541. The number of aliphatic hydroxyl groups is 1. The lowest BCUT2D eigenvalue weighted by molar-refractivity contribution is 0.158. The molecule has 0 saturated carbocycles. The Labute approximate surface area is 94.8 Å². The average Bonchev–Trinajstić information content (AvgIpc) is 2.28. The standard InChI is InChI=1S/C12H16O4/c1-8(13)10-6-12-11(15-3-4-16-12)5-9(10)7-14-2/h5-6,8,13H,3-4,7H2,1-2H3. The Hall–Kier alpha value is -1.26. The summed E-state index contributed by atoms with van der Waals surface area (Å²) >= 11 is 0. The van der Waals surface area contributed by atoms with Crippen molar-refractivity contribution in [3.8, 4) is 11.5 Å². The normalized spacial score (nSPS) is 15.9. The van der Waals surface area contributed by atoms with Crippen LogP contribution in [0.25, 0.3) is 0 Å². The summed E-state index contributed by atoms with van der Waals surface area (Å²) in [5.41, 5.74) is 1.76. The molecule has 1 aliphatic heterocycles. The van der Waals surface area contributed by atoms with E-state index in [0.29, 0.717) is 25.6 Å². The first kappa shape index (κ1) is 11.2. The van der Waals surface area contributed by atoms with E-state index in [4.69, 9.17) is 14.2 Å². The maximum Gasteiger partial charge on any atom is 0.161 e. The van der Waals surface area contributed by atoms with Crippen LogP contribution in [0.1, 0.15) is 24.2 Å². The third-order valence-electron chi connectivity index (χ3n) is 2.55. The smallest absolute Gasteiger partial charge is 0.161 e. The fourth-order valence-electron chi connectivity index (χ4n) is 1.82. The molecule has 0 fully saturated rings. The highest BCUT2D eigenvalue weighted by Crippen LogP contribution is 2.35. The minimum Gasteiger partial charge on any atom is -0.486 e. The van der Waals surface area contributed by atoms with Gasteiger partial charge in [0.15, 0.2) is 11.5 Å². The van der Waals surface area contributed by atoms with Gasteiger partial charge in [-0.15, -0.1) is 0 Å². The van der Waals surface area contributed by atoms with Crippen molar-refractivity contribution >= 4 is 0 Å². The van der Waals surface area contributed by atoms with Crippen LogP contribution in [0.2, 0.25) is 0 Å². The van der Waals surface area contributed by atoms with Gasteiger partial charge < -0.3 is 19.3 Å². The second-order valence-corrected chi connectivity index (χ2v) is 3.80. The Morgan fingerprint density at radius 2 is 1.94 bits per heavy atom. The monoisotopic (exact) mass is 224 g/mol. The van der Waals surface area contributed by atoms with Gasteiger partial charge in [0.2, 0.25) is 0 Å². The fourth-order valence-corrected chi connectivity index (χ4v) is 1.82. The molecule has 1 unspecified atom stereocenters. The van der Waals surface area contributed by atoms with E-state index in [2.05, 4.69) is 0 Å². The maximum atomic E-state index is 9.68. The van der Waals surface area contributed by atoms with E-state index in [-0.39, 0.29) is 0 Å². The molecule has 16 heavy (non-hydrogen) atoms. The zero-order chi connectivity index (χ0) is 11.5. The third-order valence-corrected chi connectivity index (χ3v) is 2.55. The molecule has 0 radical (unpaired) electrons. The highest BCUT2D eigenvalue weighted by atomic mass is 16.6. The molecular formula is C12H16O4. The first-order valence-corrected chi connectivity index (χ1v) is 5.32. The van der Waals surface area contributed by atoms with Gasteiger partial charge in [0.25, 0.3) is 0 Å². The SMILES string of the molecule is COCc1cc2c(cc1C(C)O)OCCO2. The van der Waals surface area contributed by atoms with Crippen LogP contribution in [0.5, 0.6) is 11.5 Å². The van der Waals surface area contributed by atoms with Gasteiger partial charge in [-0.1, -0.05) is 0 Å². The minimum absolute atomic E-state index is 0.455. The molecular weight excluding hydrogens is 208 g/mol. The summed E-state index contributed by atoms with van der Waals surface area (Å²) in [5, 5.41) is 9.68. The number of hydrogen-bond acceptors (Lipinski definition) is 4. The topological polar surface area (TPSA) is 47.9 Å². The van der Waals surface area contributed by atoms with E-state index in [9.17, 15) is 5.11 Å². The lowest BCUT2D eigenvalue weighted by atomic mass is 10.0. The Balaban J connectivity index is 2.41. The van der Waals surface area contributed by atoms with Crippen molar-refractivity contribution in [2.24, 2.45) is 0 Å². The largest absolute Gasteiger partial charge is 0.486 e. The second-order valence-electron chi connectivity index (χ2n) is 3.80. The van der Waals surface area contributed by atoms with E-state index in [1.165, 1.54) is 0 Å². The molecule has 1 N–H and O–H groups in total. The maximum absolute atomic E-state index is 9.68. The fraction of sp³-hybridized carbons (Fsp3) is 0.500. The molecule has 2 rings (SSSR count). The van der Waals surface area contributed by atoms with Crippen molar-refractivity contribution in [1.29, 1.82) is 0 Å². The molecule has 0 bridgehead atoms. The number of benzene rings is 1. The molecule has 1 aliphatic rings. The van der Waals surface area contributed by atoms with Crippen LogP contribution in [0.4, 0.5) is 0 Å². The lowest BCUT2D eigenvalue weighted by Gasteiger charge is -2.22. The Bertz CT molecular complexity index is 374. The summed E-state index contributed by atoms with van der Waals surface area (Å²) in [4.78, 5) is 0. The van der Waals surface area contributed by atoms with E-state index in [1.54, 1.807) is 14.0 Å². The summed E-state index contributed by atoms with van der Waals surface area (Å²) in [5.74, 6) is 1.42. The summed E-state index contributed by atoms with van der Waals surface area (Å²) in [6, 6.07) is 3.70. The van der Waals surface area contributed by atoms with Crippen LogP contribution in [0.3, 0.4) is 0 Å². The Kier molecular flexibility index (Phi) is 3.31. The summed E-state index contributed by atoms with van der Waals surface area (Å²) < 4.78 is 16.1. The van der Waals surface area contributed by atoms with Crippen molar-refractivity contribution in [2.45, 2.75) is 19.6 Å².